The van der Waals surface area contributed by atoms with Crippen molar-refractivity contribution in [3.63, 3.8) is 0 Å². The first-order valence-corrected chi connectivity index (χ1v) is 5.27. The molecule has 0 unspecified atom stereocenters. The molecule has 74 valence electrons. The fourth-order valence-corrected chi connectivity index (χ4v) is 2.46. The quantitative estimate of drug-likeness (QED) is 0.658. The van der Waals surface area contributed by atoms with Gasteiger partial charge in [-0.3, -0.25) is 4.79 Å². The van der Waals surface area contributed by atoms with Gasteiger partial charge in [-0.25, -0.2) is 0 Å². The molecule has 1 atom stereocenters. The average molecular weight is 182 g/mol. The molecule has 2 rings (SSSR count). The maximum atomic E-state index is 11.5. The van der Waals surface area contributed by atoms with Crippen molar-refractivity contribution in [1.82, 2.24) is 10.6 Å². The SMILES string of the molecule is CCNC(=O)[C@@H]1CC2(CCC2)CN1. The molecule has 3 heteroatoms. The standard InChI is InChI=1S/C10H18N2O/c1-2-11-9(13)8-6-10(7-12-8)4-3-5-10/h8,12H,2-7H2,1H3,(H,11,13)/t8-/m0/s1. The van der Waals surface area contributed by atoms with Crippen LogP contribution in [0.2, 0.25) is 0 Å². The Morgan fingerprint density at radius 3 is 2.85 bits per heavy atom. The number of nitrogens with one attached hydrogen (secondary N) is 2. The van der Waals surface area contributed by atoms with Crippen LogP contribution >= 0.6 is 0 Å². The molecule has 2 aliphatic rings. The Morgan fingerprint density at radius 1 is 1.62 bits per heavy atom. The Balaban J connectivity index is 1.87. The second-order valence-corrected chi connectivity index (χ2v) is 4.39. The van der Waals surface area contributed by atoms with Gasteiger partial charge in [0.05, 0.1) is 6.04 Å². The second kappa shape index (κ2) is 3.29. The summed E-state index contributed by atoms with van der Waals surface area (Å²) in [5.74, 6) is 0.186. The lowest BCUT2D eigenvalue weighted by atomic mass is 9.67. The van der Waals surface area contributed by atoms with Gasteiger partial charge in [-0.2, -0.15) is 0 Å². The minimum absolute atomic E-state index is 0.0836. The molecule has 0 bridgehead atoms. The van der Waals surface area contributed by atoms with Crippen molar-refractivity contribution < 1.29 is 4.79 Å². The third kappa shape index (κ3) is 1.57. The molecule has 0 aromatic carbocycles. The summed E-state index contributed by atoms with van der Waals surface area (Å²) in [6.45, 7) is 3.75. The van der Waals surface area contributed by atoms with Crippen molar-refractivity contribution in [2.75, 3.05) is 13.1 Å². The van der Waals surface area contributed by atoms with Gasteiger partial charge < -0.3 is 10.6 Å². The predicted octanol–water partition coefficient (Wildman–Crippen LogP) is 0.655. The van der Waals surface area contributed by atoms with E-state index < -0.39 is 0 Å². The Morgan fingerprint density at radius 2 is 2.38 bits per heavy atom. The molecule has 1 aliphatic heterocycles. The Hall–Kier alpha value is -0.570. The van der Waals surface area contributed by atoms with Crippen LogP contribution in [-0.4, -0.2) is 25.0 Å². The van der Waals surface area contributed by atoms with Crippen molar-refractivity contribution in [1.29, 1.82) is 0 Å². The Labute approximate surface area is 79.3 Å². The Kier molecular flexibility index (Phi) is 2.28. The molecule has 1 saturated heterocycles. The highest BCUT2D eigenvalue weighted by atomic mass is 16.2. The number of hydrogen-bond donors (Lipinski definition) is 2. The van der Waals surface area contributed by atoms with Gasteiger partial charge in [-0.05, 0) is 31.6 Å². The molecule has 2 N–H and O–H groups in total. The maximum absolute atomic E-state index is 11.5. The van der Waals surface area contributed by atoms with Crippen LogP contribution in [0.1, 0.15) is 32.6 Å². The van der Waals surface area contributed by atoms with Gasteiger partial charge in [0.15, 0.2) is 0 Å². The number of carbonyl (C=O) groups excluding carboxylic acids is 1. The van der Waals surface area contributed by atoms with Crippen LogP contribution < -0.4 is 10.6 Å². The molecule has 0 radical (unpaired) electrons. The van der Waals surface area contributed by atoms with E-state index in [-0.39, 0.29) is 11.9 Å². The first kappa shape index (κ1) is 9.00. The lowest BCUT2D eigenvalue weighted by molar-refractivity contribution is -0.122. The number of likely N-dealkylation sites (N-methyl/N-ethyl adjacent to an activating group) is 1. The number of hydrogen-bond acceptors (Lipinski definition) is 2. The van der Waals surface area contributed by atoms with Crippen LogP contribution in [0.25, 0.3) is 0 Å². The summed E-state index contributed by atoms with van der Waals surface area (Å²) in [6, 6.07) is 0.0836. The largest absolute Gasteiger partial charge is 0.355 e. The summed E-state index contributed by atoms with van der Waals surface area (Å²) in [4.78, 5) is 11.5. The van der Waals surface area contributed by atoms with E-state index in [0.29, 0.717) is 5.41 Å². The third-order valence-corrected chi connectivity index (χ3v) is 3.44. The van der Waals surface area contributed by atoms with E-state index in [9.17, 15) is 4.79 Å². The molecular weight excluding hydrogens is 164 g/mol. The van der Waals surface area contributed by atoms with Crippen molar-refractivity contribution >= 4 is 5.91 Å². The molecule has 13 heavy (non-hydrogen) atoms. The number of rotatable bonds is 2. The van der Waals surface area contributed by atoms with E-state index in [1.54, 1.807) is 0 Å². The highest BCUT2D eigenvalue weighted by Crippen LogP contribution is 2.47. The highest BCUT2D eigenvalue weighted by Gasteiger charge is 2.45. The molecular formula is C10H18N2O. The van der Waals surface area contributed by atoms with Gasteiger partial charge in [0.1, 0.15) is 0 Å². The first-order valence-electron chi connectivity index (χ1n) is 5.27. The maximum Gasteiger partial charge on any atom is 0.237 e. The number of amides is 1. The van der Waals surface area contributed by atoms with E-state index in [0.717, 1.165) is 19.5 Å². The summed E-state index contributed by atoms with van der Waals surface area (Å²) >= 11 is 0. The van der Waals surface area contributed by atoms with Gasteiger partial charge in [-0.15, -0.1) is 0 Å². The summed E-state index contributed by atoms with van der Waals surface area (Å²) < 4.78 is 0. The zero-order valence-corrected chi connectivity index (χ0v) is 8.23. The van der Waals surface area contributed by atoms with Gasteiger partial charge in [0.25, 0.3) is 0 Å². The van der Waals surface area contributed by atoms with Crippen molar-refractivity contribution in [3.8, 4) is 0 Å². The number of carbonyl (C=O) groups is 1. The molecule has 1 amide bonds. The van der Waals surface area contributed by atoms with Gasteiger partial charge in [0, 0.05) is 13.1 Å². The van der Waals surface area contributed by atoms with Crippen molar-refractivity contribution in [2.45, 2.75) is 38.6 Å². The van der Waals surface area contributed by atoms with Gasteiger partial charge in [-0.1, -0.05) is 6.42 Å². The van der Waals surface area contributed by atoms with E-state index in [1.807, 2.05) is 6.92 Å². The smallest absolute Gasteiger partial charge is 0.237 e. The summed E-state index contributed by atoms with van der Waals surface area (Å²) in [7, 11) is 0. The molecule has 3 nitrogen and oxygen atoms in total. The monoisotopic (exact) mass is 182 g/mol. The third-order valence-electron chi connectivity index (χ3n) is 3.44. The zero-order chi connectivity index (χ0) is 9.31. The minimum atomic E-state index is 0.0836. The van der Waals surface area contributed by atoms with E-state index in [4.69, 9.17) is 0 Å². The topological polar surface area (TPSA) is 41.1 Å². The minimum Gasteiger partial charge on any atom is -0.355 e. The highest BCUT2D eigenvalue weighted by molar-refractivity contribution is 5.82. The van der Waals surface area contributed by atoms with E-state index >= 15 is 0 Å². The molecule has 1 saturated carbocycles. The zero-order valence-electron chi connectivity index (χ0n) is 8.23. The average Bonchev–Trinajstić information content (AvgIpc) is 2.47. The summed E-state index contributed by atoms with van der Waals surface area (Å²) in [5.41, 5.74) is 0.496. The summed E-state index contributed by atoms with van der Waals surface area (Å²) in [6.07, 6.45) is 5.04. The lowest BCUT2D eigenvalue weighted by Gasteiger charge is -2.37. The molecule has 1 heterocycles. The molecule has 1 spiro atoms. The molecule has 2 fully saturated rings. The fraction of sp³-hybridized carbons (Fsp3) is 0.900. The van der Waals surface area contributed by atoms with Gasteiger partial charge in [0.2, 0.25) is 5.91 Å². The first-order chi connectivity index (χ1) is 6.26. The van der Waals surface area contributed by atoms with Crippen LogP contribution in [0.3, 0.4) is 0 Å². The van der Waals surface area contributed by atoms with Crippen molar-refractivity contribution in [3.05, 3.63) is 0 Å². The summed E-state index contributed by atoms with van der Waals surface area (Å²) in [5, 5.41) is 6.19. The van der Waals surface area contributed by atoms with E-state index in [2.05, 4.69) is 10.6 Å². The lowest BCUT2D eigenvalue weighted by Crippen LogP contribution is -2.40. The normalized spacial score (nSPS) is 30.1. The van der Waals surface area contributed by atoms with Gasteiger partial charge >= 0.3 is 0 Å². The molecule has 0 aromatic rings. The van der Waals surface area contributed by atoms with Crippen LogP contribution in [-0.2, 0) is 4.79 Å². The van der Waals surface area contributed by atoms with E-state index in [1.165, 1.54) is 19.3 Å². The molecule has 1 aliphatic carbocycles. The van der Waals surface area contributed by atoms with Crippen molar-refractivity contribution in [2.24, 2.45) is 5.41 Å². The van der Waals surface area contributed by atoms with Crippen LogP contribution in [0, 0.1) is 5.41 Å². The van der Waals surface area contributed by atoms with Crippen LogP contribution in [0.5, 0.6) is 0 Å². The Bertz CT molecular complexity index is 211. The molecule has 0 aromatic heterocycles. The fourth-order valence-electron chi connectivity index (χ4n) is 2.46. The second-order valence-electron chi connectivity index (χ2n) is 4.39. The predicted molar refractivity (Wildman–Crippen MR) is 51.4 cm³/mol. The van der Waals surface area contributed by atoms with Crippen LogP contribution in [0.15, 0.2) is 0 Å². The van der Waals surface area contributed by atoms with Crippen LogP contribution in [0.4, 0.5) is 0 Å².